The van der Waals surface area contributed by atoms with Crippen molar-refractivity contribution in [3.8, 4) is 22.8 Å². The number of benzene rings is 2. The first-order valence-electron chi connectivity index (χ1n) is 8.14. The molecule has 2 heterocycles. The van der Waals surface area contributed by atoms with Gasteiger partial charge in [0, 0.05) is 17.7 Å². The highest BCUT2D eigenvalue weighted by atomic mass is 16.6. The monoisotopic (exact) mass is 376 g/mol. The Morgan fingerprint density at radius 3 is 2.54 bits per heavy atom. The van der Waals surface area contributed by atoms with Gasteiger partial charge in [-0.15, -0.1) is 5.10 Å². The number of carbonyl (C=O) groups excluding carboxylic acids is 1. The third-order valence-electron chi connectivity index (χ3n) is 3.91. The summed E-state index contributed by atoms with van der Waals surface area (Å²) in [6.45, 7) is 0. The third-order valence-corrected chi connectivity index (χ3v) is 3.91. The molecule has 9 nitrogen and oxygen atoms in total. The Balaban J connectivity index is 1.52. The highest BCUT2D eigenvalue weighted by Crippen LogP contribution is 2.24. The molecule has 2 aromatic heterocycles. The summed E-state index contributed by atoms with van der Waals surface area (Å²) in [5.41, 5.74) is 1.86. The molecular formula is C19H12N4O5. The molecule has 0 aliphatic rings. The largest absolute Gasteiger partial charge is 0.459 e. The van der Waals surface area contributed by atoms with E-state index in [0.717, 1.165) is 11.1 Å². The zero-order valence-electron chi connectivity index (χ0n) is 14.2. The van der Waals surface area contributed by atoms with Crippen LogP contribution in [0.2, 0.25) is 0 Å². The topological polar surface area (TPSA) is 124 Å². The van der Waals surface area contributed by atoms with Crippen molar-refractivity contribution < 1.29 is 18.6 Å². The predicted molar refractivity (Wildman–Crippen MR) is 98.5 cm³/mol. The molecule has 0 unspecified atom stereocenters. The molecule has 0 atom stereocenters. The number of non-ortho nitro benzene ring substituents is 1. The van der Waals surface area contributed by atoms with E-state index in [1.807, 2.05) is 0 Å². The lowest BCUT2D eigenvalue weighted by Gasteiger charge is -2.05. The first-order chi connectivity index (χ1) is 13.6. The zero-order chi connectivity index (χ0) is 19.5. The second-order valence-electron chi connectivity index (χ2n) is 5.73. The number of carbonyl (C=O) groups is 1. The lowest BCUT2D eigenvalue weighted by atomic mass is 10.0. The maximum absolute atomic E-state index is 12.5. The SMILES string of the molecule is O=C(Nc1nnc(-c2ccco2)o1)c1cccc(-c2ccc([N+](=O)[O-])cc2)c1. The van der Waals surface area contributed by atoms with Crippen LogP contribution in [0.5, 0.6) is 0 Å². The third kappa shape index (κ3) is 3.49. The van der Waals surface area contributed by atoms with Crippen molar-refractivity contribution in [2.45, 2.75) is 0 Å². The summed E-state index contributed by atoms with van der Waals surface area (Å²) in [6.07, 6.45) is 1.47. The van der Waals surface area contributed by atoms with E-state index in [4.69, 9.17) is 8.83 Å². The number of anilines is 1. The van der Waals surface area contributed by atoms with Gasteiger partial charge in [0.25, 0.3) is 17.5 Å². The fourth-order valence-electron chi connectivity index (χ4n) is 2.56. The normalized spacial score (nSPS) is 10.6. The number of amides is 1. The summed E-state index contributed by atoms with van der Waals surface area (Å²) in [5, 5.41) is 20.9. The van der Waals surface area contributed by atoms with Gasteiger partial charge in [0.15, 0.2) is 5.76 Å². The highest BCUT2D eigenvalue weighted by Gasteiger charge is 2.15. The Hall–Kier alpha value is -4.27. The minimum Gasteiger partial charge on any atom is -0.459 e. The van der Waals surface area contributed by atoms with Gasteiger partial charge in [-0.05, 0) is 47.5 Å². The minimum atomic E-state index is -0.463. The van der Waals surface area contributed by atoms with Crippen LogP contribution in [-0.4, -0.2) is 21.0 Å². The molecule has 0 saturated carbocycles. The molecule has 0 fully saturated rings. The minimum absolute atomic E-state index is 0.00130. The van der Waals surface area contributed by atoms with Gasteiger partial charge in [-0.3, -0.25) is 20.2 Å². The molecule has 28 heavy (non-hydrogen) atoms. The molecule has 0 radical (unpaired) electrons. The molecule has 0 aliphatic heterocycles. The van der Waals surface area contributed by atoms with Crippen molar-refractivity contribution in [1.82, 2.24) is 10.2 Å². The number of nitro groups is 1. The van der Waals surface area contributed by atoms with E-state index in [2.05, 4.69) is 15.5 Å². The van der Waals surface area contributed by atoms with E-state index in [1.54, 1.807) is 48.5 Å². The average molecular weight is 376 g/mol. The van der Waals surface area contributed by atoms with Gasteiger partial charge in [-0.1, -0.05) is 17.2 Å². The zero-order valence-corrected chi connectivity index (χ0v) is 14.2. The van der Waals surface area contributed by atoms with Gasteiger partial charge < -0.3 is 8.83 Å². The van der Waals surface area contributed by atoms with Crippen molar-refractivity contribution in [2.75, 3.05) is 5.32 Å². The number of rotatable bonds is 5. The van der Waals surface area contributed by atoms with Crippen LogP contribution < -0.4 is 5.32 Å². The van der Waals surface area contributed by atoms with Crippen molar-refractivity contribution in [1.29, 1.82) is 0 Å². The van der Waals surface area contributed by atoms with E-state index in [-0.39, 0.29) is 17.6 Å². The maximum Gasteiger partial charge on any atom is 0.322 e. The molecule has 0 aliphatic carbocycles. The Labute approximate surface area is 157 Å². The lowest BCUT2D eigenvalue weighted by Crippen LogP contribution is -2.12. The van der Waals surface area contributed by atoms with Crippen LogP contribution in [-0.2, 0) is 0 Å². The summed E-state index contributed by atoms with van der Waals surface area (Å²) >= 11 is 0. The van der Waals surface area contributed by atoms with Crippen LogP contribution in [0.15, 0.2) is 75.8 Å². The van der Waals surface area contributed by atoms with Crippen molar-refractivity contribution in [3.05, 3.63) is 82.6 Å². The summed E-state index contributed by atoms with van der Waals surface area (Å²) in [6, 6.07) is 16.2. The van der Waals surface area contributed by atoms with Gasteiger partial charge in [0.2, 0.25) is 0 Å². The molecule has 9 heteroatoms. The molecule has 2 aromatic carbocycles. The van der Waals surface area contributed by atoms with Gasteiger partial charge >= 0.3 is 6.01 Å². The van der Waals surface area contributed by atoms with Gasteiger partial charge in [0.1, 0.15) is 0 Å². The summed E-state index contributed by atoms with van der Waals surface area (Å²) in [7, 11) is 0. The van der Waals surface area contributed by atoms with Crippen molar-refractivity contribution >= 4 is 17.6 Å². The van der Waals surface area contributed by atoms with Gasteiger partial charge in [-0.2, -0.15) is 0 Å². The van der Waals surface area contributed by atoms with Crippen LogP contribution >= 0.6 is 0 Å². The van der Waals surface area contributed by atoms with Crippen molar-refractivity contribution in [3.63, 3.8) is 0 Å². The van der Waals surface area contributed by atoms with Crippen LogP contribution in [0.3, 0.4) is 0 Å². The molecule has 1 amide bonds. The smallest absolute Gasteiger partial charge is 0.322 e. The Bertz CT molecular complexity index is 1130. The van der Waals surface area contributed by atoms with Crippen LogP contribution in [0, 0.1) is 10.1 Å². The average Bonchev–Trinajstić information content (AvgIpc) is 3.40. The maximum atomic E-state index is 12.5. The van der Waals surface area contributed by atoms with E-state index >= 15 is 0 Å². The van der Waals surface area contributed by atoms with E-state index < -0.39 is 10.8 Å². The Morgan fingerprint density at radius 1 is 1.00 bits per heavy atom. The van der Waals surface area contributed by atoms with E-state index in [9.17, 15) is 14.9 Å². The fourth-order valence-corrected chi connectivity index (χ4v) is 2.56. The molecule has 1 N–H and O–H groups in total. The molecule has 4 rings (SSSR count). The second-order valence-corrected chi connectivity index (χ2v) is 5.73. The predicted octanol–water partition coefficient (Wildman–Crippen LogP) is 4.16. The fraction of sp³-hybridized carbons (Fsp3) is 0. The quantitative estimate of drug-likeness (QED) is 0.409. The number of nitrogens with zero attached hydrogens (tertiary/aromatic N) is 3. The number of hydrogen-bond acceptors (Lipinski definition) is 7. The number of aromatic nitrogens is 2. The molecule has 0 bridgehead atoms. The number of nitro benzene ring substituents is 1. The number of nitrogens with one attached hydrogen (secondary N) is 1. The molecule has 138 valence electrons. The van der Waals surface area contributed by atoms with Gasteiger partial charge in [-0.25, -0.2) is 0 Å². The first kappa shape index (κ1) is 17.2. The summed E-state index contributed by atoms with van der Waals surface area (Å²) < 4.78 is 10.5. The lowest BCUT2D eigenvalue weighted by molar-refractivity contribution is -0.384. The van der Waals surface area contributed by atoms with Crippen LogP contribution in [0.25, 0.3) is 22.8 Å². The Kier molecular flexibility index (Phi) is 4.38. The molecular weight excluding hydrogens is 364 g/mol. The summed E-state index contributed by atoms with van der Waals surface area (Å²) in [4.78, 5) is 22.8. The number of hydrogen-bond donors (Lipinski definition) is 1. The second kappa shape index (κ2) is 7.16. The molecule has 0 saturated heterocycles. The van der Waals surface area contributed by atoms with E-state index in [0.29, 0.717) is 11.3 Å². The van der Waals surface area contributed by atoms with Crippen LogP contribution in [0.1, 0.15) is 10.4 Å². The molecule has 4 aromatic rings. The van der Waals surface area contributed by atoms with E-state index in [1.165, 1.54) is 18.4 Å². The highest BCUT2D eigenvalue weighted by molar-refractivity contribution is 6.03. The molecule has 0 spiro atoms. The van der Waals surface area contributed by atoms with Crippen molar-refractivity contribution in [2.24, 2.45) is 0 Å². The Morgan fingerprint density at radius 2 is 1.82 bits per heavy atom. The van der Waals surface area contributed by atoms with Gasteiger partial charge in [0.05, 0.1) is 11.2 Å². The van der Waals surface area contributed by atoms with Crippen LogP contribution in [0.4, 0.5) is 11.7 Å². The first-order valence-corrected chi connectivity index (χ1v) is 8.14. The standard InChI is InChI=1S/C19H12N4O5/c24-17(20-19-22-21-18(28-19)16-5-2-10-27-16)14-4-1-3-13(11-14)12-6-8-15(9-7-12)23(25)26/h1-11H,(H,20,22,24). The number of furan rings is 1. The summed E-state index contributed by atoms with van der Waals surface area (Å²) in [5.74, 6) is 0.117.